The van der Waals surface area contributed by atoms with E-state index < -0.39 is 0 Å². The number of hydrogen-bond acceptors (Lipinski definition) is 1. The molecular formula is C13H15ClN2. The fourth-order valence-corrected chi connectivity index (χ4v) is 2.80. The average molecular weight is 235 g/mol. The van der Waals surface area contributed by atoms with Crippen LogP contribution in [-0.4, -0.2) is 10.6 Å². The van der Waals surface area contributed by atoms with Crippen molar-refractivity contribution in [2.75, 3.05) is 0 Å². The SMILES string of the molecule is CC1Cc2c(c3ccc(Cl)cc3n2C)CN1. The van der Waals surface area contributed by atoms with Gasteiger partial charge in [-0.3, -0.25) is 0 Å². The van der Waals surface area contributed by atoms with Gasteiger partial charge >= 0.3 is 0 Å². The highest BCUT2D eigenvalue weighted by atomic mass is 35.5. The lowest BCUT2D eigenvalue weighted by Gasteiger charge is -2.21. The zero-order valence-electron chi connectivity index (χ0n) is 9.55. The van der Waals surface area contributed by atoms with Gasteiger partial charge in [0.2, 0.25) is 0 Å². The molecule has 1 N–H and O–H groups in total. The van der Waals surface area contributed by atoms with Crippen LogP contribution in [0.5, 0.6) is 0 Å². The third-order valence-corrected chi connectivity index (χ3v) is 3.76. The number of halogens is 1. The van der Waals surface area contributed by atoms with E-state index in [1.807, 2.05) is 6.07 Å². The first kappa shape index (κ1) is 10.2. The second kappa shape index (κ2) is 3.51. The van der Waals surface area contributed by atoms with Crippen LogP contribution in [0.25, 0.3) is 10.9 Å². The zero-order valence-corrected chi connectivity index (χ0v) is 10.3. The van der Waals surface area contributed by atoms with Crippen LogP contribution in [0, 0.1) is 0 Å². The number of aromatic nitrogens is 1. The summed E-state index contributed by atoms with van der Waals surface area (Å²) in [4.78, 5) is 0. The van der Waals surface area contributed by atoms with Gasteiger partial charge in [0.25, 0.3) is 0 Å². The molecule has 2 heterocycles. The summed E-state index contributed by atoms with van der Waals surface area (Å²) in [6.45, 7) is 3.20. The van der Waals surface area contributed by atoms with Crippen LogP contribution < -0.4 is 5.32 Å². The maximum Gasteiger partial charge on any atom is 0.0498 e. The van der Waals surface area contributed by atoms with E-state index in [2.05, 4.69) is 36.0 Å². The molecule has 0 spiro atoms. The summed E-state index contributed by atoms with van der Waals surface area (Å²) in [5.41, 5.74) is 4.13. The fraction of sp³-hybridized carbons (Fsp3) is 0.385. The molecule has 1 aliphatic rings. The molecule has 84 valence electrons. The Morgan fingerprint density at radius 3 is 3.06 bits per heavy atom. The molecule has 3 rings (SSSR count). The van der Waals surface area contributed by atoms with Crippen LogP contribution in [0.15, 0.2) is 18.2 Å². The van der Waals surface area contributed by atoms with Crippen molar-refractivity contribution in [3.63, 3.8) is 0 Å². The maximum absolute atomic E-state index is 6.05. The highest BCUT2D eigenvalue weighted by molar-refractivity contribution is 6.31. The largest absolute Gasteiger partial charge is 0.347 e. The normalized spacial score (nSPS) is 20.1. The molecule has 0 saturated carbocycles. The van der Waals surface area contributed by atoms with E-state index in [0.29, 0.717) is 6.04 Å². The molecule has 1 aliphatic heterocycles. The lowest BCUT2D eigenvalue weighted by Crippen LogP contribution is -2.33. The van der Waals surface area contributed by atoms with Crippen LogP contribution in [-0.2, 0) is 20.0 Å². The predicted octanol–water partition coefficient (Wildman–Crippen LogP) is 2.87. The van der Waals surface area contributed by atoms with E-state index >= 15 is 0 Å². The van der Waals surface area contributed by atoms with Crippen molar-refractivity contribution in [2.45, 2.75) is 25.9 Å². The highest BCUT2D eigenvalue weighted by Gasteiger charge is 2.21. The molecule has 1 aromatic heterocycles. The molecule has 0 aliphatic carbocycles. The quantitative estimate of drug-likeness (QED) is 0.742. The first-order valence-corrected chi connectivity index (χ1v) is 6.03. The molecule has 1 unspecified atom stereocenters. The molecule has 16 heavy (non-hydrogen) atoms. The summed E-state index contributed by atoms with van der Waals surface area (Å²) in [5, 5.41) is 5.66. The van der Waals surface area contributed by atoms with Crippen molar-refractivity contribution in [3.8, 4) is 0 Å². The minimum absolute atomic E-state index is 0.561. The van der Waals surface area contributed by atoms with E-state index in [1.165, 1.54) is 22.2 Å². The first-order chi connectivity index (χ1) is 7.66. The summed E-state index contributed by atoms with van der Waals surface area (Å²) in [6.07, 6.45) is 1.10. The lowest BCUT2D eigenvalue weighted by atomic mass is 10.0. The van der Waals surface area contributed by atoms with Gasteiger partial charge in [0.15, 0.2) is 0 Å². The van der Waals surface area contributed by atoms with Crippen molar-refractivity contribution in [2.24, 2.45) is 7.05 Å². The van der Waals surface area contributed by atoms with Gasteiger partial charge in [0.1, 0.15) is 0 Å². The molecule has 1 aromatic carbocycles. The predicted molar refractivity (Wildman–Crippen MR) is 67.9 cm³/mol. The Bertz CT molecular complexity index is 557. The molecule has 0 bridgehead atoms. The van der Waals surface area contributed by atoms with Gasteiger partial charge < -0.3 is 9.88 Å². The minimum Gasteiger partial charge on any atom is -0.347 e. The van der Waals surface area contributed by atoms with Crippen LogP contribution in [0.3, 0.4) is 0 Å². The number of rotatable bonds is 0. The number of aryl methyl sites for hydroxylation is 1. The van der Waals surface area contributed by atoms with Crippen molar-refractivity contribution in [1.29, 1.82) is 0 Å². The molecule has 1 atom stereocenters. The zero-order chi connectivity index (χ0) is 11.3. The summed E-state index contributed by atoms with van der Waals surface area (Å²) in [7, 11) is 2.13. The van der Waals surface area contributed by atoms with Crippen molar-refractivity contribution in [3.05, 3.63) is 34.5 Å². The average Bonchev–Trinajstić information content (AvgIpc) is 2.53. The van der Waals surface area contributed by atoms with Gasteiger partial charge in [-0.05, 0) is 24.6 Å². The molecule has 2 aromatic rings. The van der Waals surface area contributed by atoms with Crippen molar-refractivity contribution < 1.29 is 0 Å². The molecule has 0 radical (unpaired) electrons. The molecule has 0 amide bonds. The number of nitrogens with zero attached hydrogens (tertiary/aromatic N) is 1. The summed E-state index contributed by atoms with van der Waals surface area (Å²) in [5.74, 6) is 0. The third-order valence-electron chi connectivity index (χ3n) is 3.53. The summed E-state index contributed by atoms with van der Waals surface area (Å²) < 4.78 is 2.29. The highest BCUT2D eigenvalue weighted by Crippen LogP contribution is 2.30. The Hall–Kier alpha value is -0.990. The Balaban J connectivity index is 2.31. The van der Waals surface area contributed by atoms with E-state index in [9.17, 15) is 0 Å². The smallest absolute Gasteiger partial charge is 0.0498 e. The third kappa shape index (κ3) is 1.37. The number of hydrogen-bond donors (Lipinski definition) is 1. The molecule has 0 saturated heterocycles. The Morgan fingerprint density at radius 1 is 1.44 bits per heavy atom. The van der Waals surface area contributed by atoms with E-state index in [1.54, 1.807) is 0 Å². The van der Waals surface area contributed by atoms with E-state index in [-0.39, 0.29) is 0 Å². The topological polar surface area (TPSA) is 17.0 Å². The van der Waals surface area contributed by atoms with E-state index in [0.717, 1.165) is 18.0 Å². The van der Waals surface area contributed by atoms with Gasteiger partial charge in [-0.1, -0.05) is 17.7 Å². The Morgan fingerprint density at radius 2 is 2.25 bits per heavy atom. The van der Waals surface area contributed by atoms with Crippen molar-refractivity contribution >= 4 is 22.5 Å². The summed E-state index contributed by atoms with van der Waals surface area (Å²) in [6, 6.07) is 6.72. The number of fused-ring (bicyclic) bond motifs is 3. The molecule has 2 nitrogen and oxygen atoms in total. The Labute approximate surface area is 100 Å². The van der Waals surface area contributed by atoms with Crippen LogP contribution in [0.1, 0.15) is 18.2 Å². The summed E-state index contributed by atoms with van der Waals surface area (Å²) >= 11 is 6.05. The first-order valence-electron chi connectivity index (χ1n) is 5.66. The second-order valence-electron chi connectivity index (χ2n) is 4.63. The standard InChI is InChI=1S/C13H15ClN2/c1-8-5-12-11(7-15-8)10-4-3-9(14)6-13(10)16(12)2/h3-4,6,8,15H,5,7H2,1-2H3. The van der Waals surface area contributed by atoms with Crippen LogP contribution >= 0.6 is 11.6 Å². The Kier molecular flexibility index (Phi) is 2.23. The lowest BCUT2D eigenvalue weighted by molar-refractivity contribution is 0.501. The van der Waals surface area contributed by atoms with Gasteiger partial charge in [0, 0.05) is 47.7 Å². The van der Waals surface area contributed by atoms with Crippen LogP contribution in [0.4, 0.5) is 0 Å². The maximum atomic E-state index is 6.05. The number of benzene rings is 1. The van der Waals surface area contributed by atoms with Gasteiger partial charge in [-0.2, -0.15) is 0 Å². The van der Waals surface area contributed by atoms with Gasteiger partial charge in [0.05, 0.1) is 0 Å². The monoisotopic (exact) mass is 234 g/mol. The molecule has 0 fully saturated rings. The molecular weight excluding hydrogens is 220 g/mol. The fourth-order valence-electron chi connectivity index (χ4n) is 2.64. The van der Waals surface area contributed by atoms with Gasteiger partial charge in [-0.25, -0.2) is 0 Å². The number of nitrogens with one attached hydrogen (secondary N) is 1. The minimum atomic E-state index is 0.561. The molecule has 3 heteroatoms. The van der Waals surface area contributed by atoms with Crippen molar-refractivity contribution in [1.82, 2.24) is 9.88 Å². The van der Waals surface area contributed by atoms with Gasteiger partial charge in [-0.15, -0.1) is 0 Å². The van der Waals surface area contributed by atoms with E-state index in [4.69, 9.17) is 11.6 Å². The second-order valence-corrected chi connectivity index (χ2v) is 5.07. The van der Waals surface area contributed by atoms with Crippen LogP contribution in [0.2, 0.25) is 5.02 Å².